The molecule has 1 aromatic heterocycles. The molecule has 3 amide bonds. The molecule has 2 fully saturated rings. The number of alkyl halides is 4. The number of hydrogen-bond acceptors (Lipinski definition) is 5. The minimum absolute atomic E-state index is 0.00232. The highest BCUT2D eigenvalue weighted by atomic mass is 35.5. The molecule has 0 bridgehead atoms. The van der Waals surface area contributed by atoms with Crippen LogP contribution in [-0.2, 0) is 17.5 Å². The van der Waals surface area contributed by atoms with Crippen molar-refractivity contribution in [1.29, 1.82) is 0 Å². The van der Waals surface area contributed by atoms with Crippen molar-refractivity contribution in [2.45, 2.75) is 31.4 Å². The first-order valence-corrected chi connectivity index (χ1v) is 12.8. The fourth-order valence-corrected chi connectivity index (χ4v) is 5.76. The minimum Gasteiger partial charge on any atom is -0.465 e. The maximum Gasteiger partial charge on any atom is 0.416 e. The number of piperidine rings is 1. The van der Waals surface area contributed by atoms with Crippen molar-refractivity contribution in [3.05, 3.63) is 69.2 Å². The van der Waals surface area contributed by atoms with Crippen LogP contribution >= 0.6 is 23.4 Å². The van der Waals surface area contributed by atoms with Crippen LogP contribution < -0.4 is 0 Å². The molecular formula is C25H19ClF4N4O4S. The summed E-state index contributed by atoms with van der Waals surface area (Å²) in [5.74, 6) is -0.667. The number of rotatable bonds is 4. The van der Waals surface area contributed by atoms with E-state index in [1.54, 1.807) is 18.2 Å². The molecule has 2 aromatic carbocycles. The molecule has 39 heavy (non-hydrogen) atoms. The molecule has 2 aliphatic rings. The predicted octanol–water partition coefficient (Wildman–Crippen LogP) is 5.88. The molecule has 5 rings (SSSR count). The molecule has 14 heteroatoms. The van der Waals surface area contributed by atoms with E-state index in [4.69, 9.17) is 16.7 Å². The second-order valence-corrected chi connectivity index (χ2v) is 10.5. The third-order valence-corrected chi connectivity index (χ3v) is 7.71. The zero-order valence-electron chi connectivity index (χ0n) is 19.9. The minimum atomic E-state index is -4.59. The molecule has 204 valence electrons. The smallest absolute Gasteiger partial charge is 0.416 e. The number of imide groups is 1. The molecule has 2 aliphatic heterocycles. The van der Waals surface area contributed by atoms with Gasteiger partial charge in [0.05, 0.1) is 41.3 Å². The monoisotopic (exact) mass is 582 g/mol. The number of halogens is 5. The van der Waals surface area contributed by atoms with E-state index in [9.17, 15) is 31.9 Å². The number of likely N-dealkylation sites (tertiary alicyclic amines) is 1. The SMILES string of the molecule is O=C(O)N1CC[C@@H](N2C(=O)SC(=Cc3ccc4c(cnn4Cc4ccc(Cl)cc4C(F)(F)F)c3)C2=O)[C@H](F)C1. The van der Waals surface area contributed by atoms with Gasteiger partial charge < -0.3 is 10.0 Å². The van der Waals surface area contributed by atoms with E-state index in [0.717, 1.165) is 15.9 Å². The summed E-state index contributed by atoms with van der Waals surface area (Å²) in [6, 6.07) is 7.43. The van der Waals surface area contributed by atoms with Crippen LogP contribution in [0.4, 0.5) is 27.2 Å². The third kappa shape index (κ3) is 5.33. The Morgan fingerprint density at radius 2 is 1.97 bits per heavy atom. The summed E-state index contributed by atoms with van der Waals surface area (Å²) < 4.78 is 56.6. The number of carboxylic acid groups (broad SMARTS) is 1. The van der Waals surface area contributed by atoms with Crippen LogP contribution in [-0.4, -0.2) is 67.2 Å². The Morgan fingerprint density at radius 3 is 2.67 bits per heavy atom. The topological polar surface area (TPSA) is 95.7 Å². The van der Waals surface area contributed by atoms with Crippen molar-refractivity contribution in [1.82, 2.24) is 19.6 Å². The van der Waals surface area contributed by atoms with Crippen LogP contribution in [0.2, 0.25) is 5.02 Å². The maximum atomic E-state index is 14.7. The number of nitrogens with zero attached hydrogens (tertiary/aromatic N) is 4. The highest BCUT2D eigenvalue weighted by molar-refractivity contribution is 8.18. The molecule has 2 atom stereocenters. The molecule has 3 aromatic rings. The summed E-state index contributed by atoms with van der Waals surface area (Å²) in [5, 5.41) is 13.2. The first-order valence-electron chi connectivity index (χ1n) is 11.6. The van der Waals surface area contributed by atoms with Crippen molar-refractivity contribution in [3.63, 3.8) is 0 Å². The molecule has 0 saturated carbocycles. The number of aromatic nitrogens is 2. The molecule has 3 heterocycles. The summed E-state index contributed by atoms with van der Waals surface area (Å²) in [5.41, 5.74) is 0.228. The molecule has 1 N–H and O–H groups in total. The Hall–Kier alpha value is -3.58. The van der Waals surface area contributed by atoms with Gasteiger partial charge in [0, 0.05) is 17.0 Å². The lowest BCUT2D eigenvalue weighted by molar-refractivity contribution is -0.138. The van der Waals surface area contributed by atoms with Crippen molar-refractivity contribution < 1.29 is 37.1 Å². The molecular weight excluding hydrogens is 564 g/mol. The number of benzene rings is 2. The third-order valence-electron chi connectivity index (χ3n) is 6.59. The van der Waals surface area contributed by atoms with Gasteiger partial charge in [0.2, 0.25) is 0 Å². The van der Waals surface area contributed by atoms with Crippen molar-refractivity contribution >= 4 is 57.6 Å². The largest absolute Gasteiger partial charge is 0.465 e. The Balaban J connectivity index is 1.36. The number of carbonyl (C=O) groups excluding carboxylic acids is 2. The van der Waals surface area contributed by atoms with Crippen LogP contribution in [0.5, 0.6) is 0 Å². The zero-order valence-corrected chi connectivity index (χ0v) is 21.4. The van der Waals surface area contributed by atoms with Crippen LogP contribution in [0.1, 0.15) is 23.1 Å². The number of amides is 3. The van der Waals surface area contributed by atoms with E-state index in [0.29, 0.717) is 28.2 Å². The molecule has 0 spiro atoms. The second kappa shape index (κ2) is 10.2. The average Bonchev–Trinajstić information content (AvgIpc) is 3.38. The number of thioether (sulfide) groups is 1. The van der Waals surface area contributed by atoms with Gasteiger partial charge in [-0.2, -0.15) is 18.3 Å². The Morgan fingerprint density at radius 1 is 1.21 bits per heavy atom. The van der Waals surface area contributed by atoms with Gasteiger partial charge in [0.1, 0.15) is 6.17 Å². The number of fused-ring (bicyclic) bond motifs is 1. The summed E-state index contributed by atoms with van der Waals surface area (Å²) in [7, 11) is 0. The van der Waals surface area contributed by atoms with Crippen LogP contribution in [0.15, 0.2) is 47.5 Å². The van der Waals surface area contributed by atoms with Gasteiger partial charge in [-0.25, -0.2) is 9.18 Å². The van der Waals surface area contributed by atoms with Crippen LogP contribution in [0.25, 0.3) is 17.0 Å². The lowest BCUT2D eigenvalue weighted by Gasteiger charge is -2.36. The fraction of sp³-hybridized carbons (Fsp3) is 0.280. The summed E-state index contributed by atoms with van der Waals surface area (Å²) in [6.45, 7) is -0.580. The van der Waals surface area contributed by atoms with E-state index in [1.807, 2.05) is 0 Å². The van der Waals surface area contributed by atoms with E-state index in [2.05, 4.69) is 5.10 Å². The Bertz CT molecular complexity index is 1530. The molecule has 0 aliphatic carbocycles. The van der Waals surface area contributed by atoms with Crippen LogP contribution in [0.3, 0.4) is 0 Å². The van der Waals surface area contributed by atoms with Gasteiger partial charge >= 0.3 is 12.3 Å². The van der Waals surface area contributed by atoms with Crippen molar-refractivity contribution in [3.8, 4) is 0 Å². The zero-order chi connectivity index (χ0) is 28.1. The quantitative estimate of drug-likeness (QED) is 0.305. The Kier molecular flexibility index (Phi) is 7.06. The van der Waals surface area contributed by atoms with E-state index >= 15 is 0 Å². The summed E-state index contributed by atoms with van der Waals surface area (Å²) >= 11 is 6.42. The normalized spacial score (nSPS) is 21.4. The maximum absolute atomic E-state index is 14.7. The number of hydrogen-bond donors (Lipinski definition) is 1. The average molecular weight is 583 g/mol. The standard InChI is InChI=1S/C25H19ClF4N4O4S/c26-16-3-2-14(17(9-16)25(28,29)30)11-33-19-4-1-13(7-15(19)10-31-33)8-21-22(35)34(24(38)39-21)20-5-6-32(23(36)37)12-18(20)27/h1-4,7-10,18,20H,5-6,11-12H2,(H,36,37)/t18-,20-/m1/s1. The highest BCUT2D eigenvalue weighted by Gasteiger charge is 2.45. The fourth-order valence-electron chi connectivity index (χ4n) is 4.71. The van der Waals surface area contributed by atoms with Gasteiger partial charge in [-0.15, -0.1) is 0 Å². The summed E-state index contributed by atoms with van der Waals surface area (Å²) in [6.07, 6.45) is -4.61. The van der Waals surface area contributed by atoms with Gasteiger partial charge in [-0.05, 0) is 59.7 Å². The molecule has 0 radical (unpaired) electrons. The number of carbonyl (C=O) groups is 3. The Labute approximate surface area is 227 Å². The van der Waals surface area contributed by atoms with Crippen LogP contribution in [0, 0.1) is 0 Å². The molecule has 8 nitrogen and oxygen atoms in total. The lowest BCUT2D eigenvalue weighted by Crippen LogP contribution is -2.54. The second-order valence-electron chi connectivity index (χ2n) is 9.07. The summed E-state index contributed by atoms with van der Waals surface area (Å²) in [4.78, 5) is 38.5. The van der Waals surface area contributed by atoms with E-state index < -0.39 is 47.7 Å². The lowest BCUT2D eigenvalue weighted by atomic mass is 10.0. The van der Waals surface area contributed by atoms with Crippen molar-refractivity contribution in [2.24, 2.45) is 0 Å². The van der Waals surface area contributed by atoms with E-state index in [-0.39, 0.29) is 35.0 Å². The first-order chi connectivity index (χ1) is 18.4. The molecule has 2 saturated heterocycles. The van der Waals surface area contributed by atoms with Gasteiger partial charge in [-0.1, -0.05) is 23.7 Å². The predicted molar refractivity (Wildman–Crippen MR) is 136 cm³/mol. The van der Waals surface area contributed by atoms with Crippen molar-refractivity contribution in [2.75, 3.05) is 13.1 Å². The molecule has 0 unspecified atom stereocenters. The highest BCUT2D eigenvalue weighted by Crippen LogP contribution is 2.37. The van der Waals surface area contributed by atoms with Gasteiger partial charge in [-0.3, -0.25) is 19.2 Å². The van der Waals surface area contributed by atoms with Gasteiger partial charge in [0.15, 0.2) is 0 Å². The van der Waals surface area contributed by atoms with Gasteiger partial charge in [0.25, 0.3) is 11.1 Å². The van der Waals surface area contributed by atoms with E-state index in [1.165, 1.54) is 29.1 Å². The first kappa shape index (κ1) is 27.0.